The van der Waals surface area contributed by atoms with E-state index in [9.17, 15) is 0 Å². The first kappa shape index (κ1) is 17.8. The molecule has 1 aromatic rings. The first-order chi connectivity index (χ1) is 12.8. The predicted molar refractivity (Wildman–Crippen MR) is 109 cm³/mol. The van der Waals surface area contributed by atoms with Gasteiger partial charge in [0.2, 0.25) is 0 Å². The molecule has 1 aromatic heterocycles. The number of nitrogens with zero attached hydrogens (tertiary/aromatic N) is 5. The van der Waals surface area contributed by atoms with Crippen LogP contribution in [0.15, 0.2) is 22.5 Å². The molecule has 0 saturated carbocycles. The highest BCUT2D eigenvalue weighted by Crippen LogP contribution is 2.24. The van der Waals surface area contributed by atoms with Crippen LogP contribution in [0.2, 0.25) is 0 Å². The topological polar surface area (TPSA) is 47.0 Å². The average Bonchev–Trinajstić information content (AvgIpc) is 3.45. The Kier molecular flexibility index (Phi) is 5.75. The van der Waals surface area contributed by atoms with Crippen molar-refractivity contribution < 1.29 is 0 Å². The van der Waals surface area contributed by atoms with E-state index >= 15 is 0 Å². The molecule has 0 aliphatic carbocycles. The number of aromatic nitrogens is 1. The van der Waals surface area contributed by atoms with Gasteiger partial charge in [-0.15, -0.1) is 11.3 Å². The molecular weight excluding hydrogens is 344 g/mol. The van der Waals surface area contributed by atoms with E-state index in [2.05, 4.69) is 42.5 Å². The number of anilines is 1. The Morgan fingerprint density at radius 3 is 2.85 bits per heavy atom. The van der Waals surface area contributed by atoms with Gasteiger partial charge in [-0.05, 0) is 19.3 Å². The van der Waals surface area contributed by atoms with Crippen molar-refractivity contribution in [2.45, 2.75) is 31.7 Å². The third-order valence-corrected chi connectivity index (χ3v) is 6.57. The fourth-order valence-corrected chi connectivity index (χ4v) is 5.04. The van der Waals surface area contributed by atoms with E-state index in [1.165, 1.54) is 43.2 Å². The quantitative estimate of drug-likeness (QED) is 0.484. The lowest BCUT2D eigenvalue weighted by Crippen LogP contribution is -2.43. The number of guanidine groups is 1. The zero-order valence-corrected chi connectivity index (χ0v) is 16.5. The molecule has 7 heteroatoms. The lowest BCUT2D eigenvalue weighted by molar-refractivity contribution is 0.259. The SMILES string of the molecule is CN=C(NCCc1csc(N2CCCC2)n1)N1CCC(N2CC=CC2)C1. The second kappa shape index (κ2) is 8.39. The van der Waals surface area contributed by atoms with E-state index in [0.717, 1.165) is 45.1 Å². The minimum absolute atomic E-state index is 0.658. The smallest absolute Gasteiger partial charge is 0.193 e. The van der Waals surface area contributed by atoms with Gasteiger partial charge in [-0.3, -0.25) is 9.89 Å². The first-order valence-corrected chi connectivity index (χ1v) is 10.8. The summed E-state index contributed by atoms with van der Waals surface area (Å²) in [6.45, 7) is 7.61. The maximum atomic E-state index is 4.81. The van der Waals surface area contributed by atoms with Gasteiger partial charge in [0.25, 0.3) is 0 Å². The molecule has 0 aromatic carbocycles. The molecule has 4 rings (SSSR count). The van der Waals surface area contributed by atoms with Crippen LogP contribution in [0, 0.1) is 0 Å². The highest BCUT2D eigenvalue weighted by atomic mass is 32.1. The molecule has 2 saturated heterocycles. The summed E-state index contributed by atoms with van der Waals surface area (Å²) in [7, 11) is 1.89. The van der Waals surface area contributed by atoms with Gasteiger partial charge in [0, 0.05) is 70.7 Å². The Balaban J connectivity index is 1.23. The largest absolute Gasteiger partial charge is 0.356 e. The van der Waals surface area contributed by atoms with Crippen molar-refractivity contribution in [1.82, 2.24) is 20.1 Å². The Hall–Kier alpha value is -1.60. The molecule has 1 unspecified atom stereocenters. The molecule has 4 heterocycles. The summed E-state index contributed by atoms with van der Waals surface area (Å²) in [6.07, 6.45) is 9.35. The van der Waals surface area contributed by atoms with Crippen LogP contribution in [-0.2, 0) is 6.42 Å². The molecule has 0 spiro atoms. The molecule has 142 valence electrons. The third kappa shape index (κ3) is 4.04. The van der Waals surface area contributed by atoms with Crippen LogP contribution in [0.3, 0.4) is 0 Å². The zero-order valence-electron chi connectivity index (χ0n) is 15.7. The molecule has 1 atom stereocenters. The number of nitrogens with one attached hydrogen (secondary N) is 1. The van der Waals surface area contributed by atoms with E-state index in [-0.39, 0.29) is 0 Å². The van der Waals surface area contributed by atoms with Crippen LogP contribution in [0.4, 0.5) is 5.13 Å². The van der Waals surface area contributed by atoms with Gasteiger partial charge >= 0.3 is 0 Å². The summed E-state index contributed by atoms with van der Waals surface area (Å²) in [5.41, 5.74) is 1.20. The highest BCUT2D eigenvalue weighted by molar-refractivity contribution is 7.13. The third-order valence-electron chi connectivity index (χ3n) is 5.62. The molecular formula is C19H30N6S. The Morgan fingerprint density at radius 1 is 1.27 bits per heavy atom. The normalized spacial score (nSPS) is 24.2. The van der Waals surface area contributed by atoms with Crippen LogP contribution >= 0.6 is 11.3 Å². The Bertz CT molecular complexity index is 640. The van der Waals surface area contributed by atoms with Gasteiger partial charge in [-0.25, -0.2) is 4.98 Å². The second-order valence-corrected chi connectivity index (χ2v) is 8.19. The van der Waals surface area contributed by atoms with Gasteiger partial charge in [0.1, 0.15) is 0 Å². The van der Waals surface area contributed by atoms with Crippen molar-refractivity contribution in [3.63, 3.8) is 0 Å². The minimum Gasteiger partial charge on any atom is -0.356 e. The summed E-state index contributed by atoms with van der Waals surface area (Å²) < 4.78 is 0. The zero-order chi connectivity index (χ0) is 17.8. The number of rotatable bonds is 5. The minimum atomic E-state index is 0.658. The molecule has 0 bridgehead atoms. The first-order valence-electron chi connectivity index (χ1n) is 9.87. The van der Waals surface area contributed by atoms with Crippen molar-refractivity contribution in [3.05, 3.63) is 23.2 Å². The summed E-state index contributed by atoms with van der Waals surface area (Å²) in [6, 6.07) is 0.658. The van der Waals surface area contributed by atoms with E-state index in [4.69, 9.17) is 4.98 Å². The predicted octanol–water partition coefficient (Wildman–Crippen LogP) is 1.81. The lowest BCUT2D eigenvalue weighted by Gasteiger charge is -2.25. The van der Waals surface area contributed by atoms with Crippen LogP contribution < -0.4 is 10.2 Å². The molecule has 26 heavy (non-hydrogen) atoms. The Labute approximate surface area is 160 Å². The van der Waals surface area contributed by atoms with Crippen LogP contribution in [0.25, 0.3) is 0 Å². The van der Waals surface area contributed by atoms with Crippen molar-refractivity contribution in [2.75, 3.05) is 57.8 Å². The van der Waals surface area contributed by atoms with Crippen molar-refractivity contribution in [3.8, 4) is 0 Å². The standard InChI is InChI=1S/C19H30N6S/c1-20-18(25-13-7-17(14-25)23-9-2-3-10-23)21-8-6-16-15-26-19(22-16)24-11-4-5-12-24/h2-3,15,17H,4-14H2,1H3,(H,20,21). The number of aliphatic imine (C=N–C) groups is 1. The van der Waals surface area contributed by atoms with Crippen LogP contribution in [0.1, 0.15) is 25.0 Å². The summed E-state index contributed by atoms with van der Waals surface area (Å²) >= 11 is 1.79. The lowest BCUT2D eigenvalue weighted by atomic mass is 10.2. The summed E-state index contributed by atoms with van der Waals surface area (Å²) in [4.78, 5) is 16.7. The summed E-state index contributed by atoms with van der Waals surface area (Å²) in [5.74, 6) is 1.04. The van der Waals surface area contributed by atoms with Crippen molar-refractivity contribution >= 4 is 22.4 Å². The van der Waals surface area contributed by atoms with E-state index in [1.807, 2.05) is 7.05 Å². The van der Waals surface area contributed by atoms with E-state index in [1.54, 1.807) is 11.3 Å². The summed E-state index contributed by atoms with van der Waals surface area (Å²) in [5, 5.41) is 6.95. The second-order valence-electron chi connectivity index (χ2n) is 7.35. The molecule has 0 amide bonds. The molecule has 3 aliphatic heterocycles. The molecule has 3 aliphatic rings. The van der Waals surface area contributed by atoms with E-state index in [0.29, 0.717) is 6.04 Å². The van der Waals surface area contributed by atoms with Gasteiger partial charge in [0.15, 0.2) is 11.1 Å². The Morgan fingerprint density at radius 2 is 2.08 bits per heavy atom. The van der Waals surface area contributed by atoms with E-state index < -0.39 is 0 Å². The highest BCUT2D eigenvalue weighted by Gasteiger charge is 2.29. The fraction of sp³-hybridized carbons (Fsp3) is 0.684. The van der Waals surface area contributed by atoms with Crippen molar-refractivity contribution in [2.24, 2.45) is 4.99 Å². The number of likely N-dealkylation sites (tertiary alicyclic amines) is 1. The fourth-order valence-electron chi connectivity index (χ4n) is 4.12. The van der Waals surface area contributed by atoms with Gasteiger partial charge in [-0.1, -0.05) is 12.2 Å². The maximum absolute atomic E-state index is 4.81. The molecule has 6 nitrogen and oxygen atoms in total. The van der Waals surface area contributed by atoms with Gasteiger partial charge in [0.05, 0.1) is 5.69 Å². The van der Waals surface area contributed by atoms with Gasteiger partial charge < -0.3 is 15.1 Å². The molecule has 1 N–H and O–H groups in total. The number of hydrogen-bond acceptors (Lipinski definition) is 5. The molecule has 0 radical (unpaired) electrons. The average molecular weight is 375 g/mol. The maximum Gasteiger partial charge on any atom is 0.193 e. The molecule has 2 fully saturated rings. The van der Waals surface area contributed by atoms with Crippen LogP contribution in [0.5, 0.6) is 0 Å². The van der Waals surface area contributed by atoms with Gasteiger partial charge in [-0.2, -0.15) is 0 Å². The number of thiazole rings is 1. The number of hydrogen-bond donors (Lipinski definition) is 1. The van der Waals surface area contributed by atoms with Crippen LogP contribution in [-0.4, -0.2) is 79.6 Å². The monoisotopic (exact) mass is 374 g/mol. The van der Waals surface area contributed by atoms with Crippen molar-refractivity contribution in [1.29, 1.82) is 0 Å².